The van der Waals surface area contributed by atoms with Crippen molar-refractivity contribution in [1.82, 2.24) is 24.1 Å². The van der Waals surface area contributed by atoms with Gasteiger partial charge in [-0.05, 0) is 56.8 Å². The van der Waals surface area contributed by atoms with Gasteiger partial charge in [-0.2, -0.15) is 5.10 Å². The molecule has 2 aliphatic rings. The first kappa shape index (κ1) is 17.3. The minimum atomic E-state index is 0.0646. The van der Waals surface area contributed by atoms with Crippen molar-refractivity contribution in [2.75, 3.05) is 26.7 Å². The molecular formula is C20H29N5O. The standard InChI is InChI=1S/C20H29N5O/c1-22(15-16-8-7-13-24-10-4-3-9-18(16)24)20(26)17-14-21-23(2)19(17)25-11-5-6-12-25/h5-6,11-12,14,16,18H,3-4,7-10,13,15H2,1-2H3/t16-,18-/m1/s1. The van der Waals surface area contributed by atoms with E-state index in [2.05, 4.69) is 10.00 Å². The molecule has 0 spiro atoms. The highest BCUT2D eigenvalue weighted by Gasteiger charge is 2.34. The molecule has 2 aromatic rings. The lowest BCUT2D eigenvalue weighted by Crippen LogP contribution is -2.51. The number of hydrogen-bond donors (Lipinski definition) is 0. The molecule has 0 saturated carbocycles. The van der Waals surface area contributed by atoms with Crippen LogP contribution in [0.25, 0.3) is 5.82 Å². The average molecular weight is 355 g/mol. The summed E-state index contributed by atoms with van der Waals surface area (Å²) in [7, 11) is 3.82. The molecule has 2 atom stereocenters. The molecule has 2 aromatic heterocycles. The van der Waals surface area contributed by atoms with Crippen molar-refractivity contribution in [3.05, 3.63) is 36.3 Å². The fraction of sp³-hybridized carbons (Fsp3) is 0.600. The number of rotatable bonds is 4. The quantitative estimate of drug-likeness (QED) is 0.847. The summed E-state index contributed by atoms with van der Waals surface area (Å²) in [6, 6.07) is 4.58. The summed E-state index contributed by atoms with van der Waals surface area (Å²) < 4.78 is 3.72. The molecule has 4 heterocycles. The van der Waals surface area contributed by atoms with Crippen LogP contribution in [0.1, 0.15) is 42.5 Å². The largest absolute Gasteiger partial charge is 0.341 e. The zero-order valence-corrected chi connectivity index (χ0v) is 15.8. The Labute approximate surface area is 155 Å². The second kappa shape index (κ2) is 7.27. The van der Waals surface area contributed by atoms with Gasteiger partial charge in [0.1, 0.15) is 11.4 Å². The minimum absolute atomic E-state index is 0.0646. The van der Waals surface area contributed by atoms with Crippen molar-refractivity contribution < 1.29 is 4.79 Å². The van der Waals surface area contributed by atoms with Crippen LogP contribution in [0.5, 0.6) is 0 Å². The van der Waals surface area contributed by atoms with Gasteiger partial charge in [-0.3, -0.25) is 9.48 Å². The molecule has 0 aromatic carbocycles. The summed E-state index contributed by atoms with van der Waals surface area (Å²) in [6.07, 6.45) is 12.0. The number of fused-ring (bicyclic) bond motifs is 1. The molecule has 0 aliphatic carbocycles. The molecule has 4 rings (SSSR count). The zero-order valence-electron chi connectivity index (χ0n) is 15.8. The predicted molar refractivity (Wildman–Crippen MR) is 101 cm³/mol. The monoisotopic (exact) mass is 355 g/mol. The average Bonchev–Trinajstić information content (AvgIpc) is 3.30. The third-order valence-electron chi connectivity index (χ3n) is 6.07. The summed E-state index contributed by atoms with van der Waals surface area (Å²) in [4.78, 5) is 17.7. The van der Waals surface area contributed by atoms with Crippen LogP contribution in [0, 0.1) is 5.92 Å². The van der Waals surface area contributed by atoms with Gasteiger partial charge in [0, 0.05) is 39.1 Å². The number of aromatic nitrogens is 3. The van der Waals surface area contributed by atoms with Crippen LogP contribution in [0.2, 0.25) is 0 Å². The van der Waals surface area contributed by atoms with Gasteiger partial charge in [0.2, 0.25) is 0 Å². The highest BCUT2D eigenvalue weighted by atomic mass is 16.2. The number of nitrogens with zero attached hydrogens (tertiary/aromatic N) is 5. The Bertz CT molecular complexity index is 748. The first-order chi connectivity index (χ1) is 12.6. The topological polar surface area (TPSA) is 46.3 Å². The van der Waals surface area contributed by atoms with Crippen molar-refractivity contribution >= 4 is 5.91 Å². The van der Waals surface area contributed by atoms with E-state index in [4.69, 9.17) is 0 Å². The maximum atomic E-state index is 13.2. The summed E-state index contributed by atoms with van der Waals surface area (Å²) in [5.74, 6) is 1.48. The summed E-state index contributed by atoms with van der Waals surface area (Å²) in [6.45, 7) is 3.30. The molecule has 2 saturated heterocycles. The van der Waals surface area contributed by atoms with E-state index in [0.29, 0.717) is 17.5 Å². The van der Waals surface area contributed by atoms with Crippen LogP contribution in [0.15, 0.2) is 30.7 Å². The zero-order chi connectivity index (χ0) is 18.1. The summed E-state index contributed by atoms with van der Waals surface area (Å²) in [5.41, 5.74) is 0.669. The van der Waals surface area contributed by atoms with Gasteiger partial charge < -0.3 is 14.4 Å². The molecule has 6 heteroatoms. The van der Waals surface area contributed by atoms with Crippen molar-refractivity contribution in [2.24, 2.45) is 13.0 Å². The third kappa shape index (κ3) is 3.18. The van der Waals surface area contributed by atoms with Crippen LogP contribution in [-0.2, 0) is 7.05 Å². The molecule has 0 radical (unpaired) electrons. The molecule has 0 N–H and O–H groups in total. The van der Waals surface area contributed by atoms with E-state index in [9.17, 15) is 4.79 Å². The van der Waals surface area contributed by atoms with E-state index >= 15 is 0 Å². The first-order valence-electron chi connectivity index (χ1n) is 9.80. The van der Waals surface area contributed by atoms with E-state index in [1.807, 2.05) is 48.1 Å². The highest BCUT2D eigenvalue weighted by molar-refractivity contribution is 5.97. The Morgan fingerprint density at radius 2 is 1.96 bits per heavy atom. The van der Waals surface area contributed by atoms with Gasteiger partial charge in [0.05, 0.1) is 6.20 Å². The number of carbonyl (C=O) groups excluding carboxylic acids is 1. The third-order valence-corrected chi connectivity index (χ3v) is 6.07. The Hall–Kier alpha value is -2.08. The van der Waals surface area contributed by atoms with Crippen LogP contribution < -0.4 is 0 Å². The lowest BCUT2D eigenvalue weighted by molar-refractivity contribution is 0.0403. The number of hydrogen-bond acceptors (Lipinski definition) is 3. The van der Waals surface area contributed by atoms with E-state index < -0.39 is 0 Å². The van der Waals surface area contributed by atoms with Crippen molar-refractivity contribution in [3.8, 4) is 5.82 Å². The maximum Gasteiger partial charge on any atom is 0.259 e. The second-order valence-electron chi connectivity index (χ2n) is 7.78. The molecular weight excluding hydrogens is 326 g/mol. The molecule has 2 aliphatic heterocycles. The lowest BCUT2D eigenvalue weighted by Gasteiger charge is -2.45. The predicted octanol–water partition coefficient (Wildman–Crippen LogP) is 2.55. The summed E-state index contributed by atoms with van der Waals surface area (Å²) >= 11 is 0. The highest BCUT2D eigenvalue weighted by Crippen LogP contribution is 2.31. The maximum absolute atomic E-state index is 13.2. The molecule has 1 amide bonds. The van der Waals surface area contributed by atoms with Crippen LogP contribution >= 0.6 is 0 Å². The fourth-order valence-corrected chi connectivity index (χ4v) is 4.79. The number of carbonyl (C=O) groups is 1. The van der Waals surface area contributed by atoms with Crippen molar-refractivity contribution in [3.63, 3.8) is 0 Å². The molecule has 0 unspecified atom stereocenters. The van der Waals surface area contributed by atoms with Gasteiger partial charge in [0.25, 0.3) is 5.91 Å². The normalized spacial score (nSPS) is 23.6. The van der Waals surface area contributed by atoms with E-state index in [1.54, 1.807) is 10.9 Å². The van der Waals surface area contributed by atoms with Crippen molar-refractivity contribution in [2.45, 2.75) is 38.1 Å². The van der Waals surface area contributed by atoms with Crippen LogP contribution in [0.4, 0.5) is 0 Å². The van der Waals surface area contributed by atoms with Gasteiger partial charge in [-0.1, -0.05) is 6.42 Å². The van der Waals surface area contributed by atoms with Gasteiger partial charge in [-0.15, -0.1) is 0 Å². The number of amides is 1. The molecule has 26 heavy (non-hydrogen) atoms. The minimum Gasteiger partial charge on any atom is -0.341 e. The van der Waals surface area contributed by atoms with Crippen molar-refractivity contribution in [1.29, 1.82) is 0 Å². The van der Waals surface area contributed by atoms with E-state index in [0.717, 1.165) is 12.4 Å². The Morgan fingerprint density at radius 3 is 2.77 bits per heavy atom. The number of piperidine rings is 2. The lowest BCUT2D eigenvalue weighted by atomic mass is 9.83. The van der Waals surface area contributed by atoms with Crippen LogP contribution in [-0.4, -0.2) is 62.8 Å². The number of aryl methyl sites for hydroxylation is 1. The Morgan fingerprint density at radius 1 is 1.19 bits per heavy atom. The Balaban J connectivity index is 1.50. The first-order valence-corrected chi connectivity index (χ1v) is 9.80. The van der Waals surface area contributed by atoms with E-state index in [1.165, 1.54) is 45.2 Å². The fourth-order valence-electron chi connectivity index (χ4n) is 4.79. The molecule has 2 fully saturated rings. The van der Waals surface area contributed by atoms with Gasteiger partial charge in [0.15, 0.2) is 0 Å². The van der Waals surface area contributed by atoms with Crippen LogP contribution in [0.3, 0.4) is 0 Å². The molecule has 140 valence electrons. The van der Waals surface area contributed by atoms with Gasteiger partial charge >= 0.3 is 0 Å². The Kier molecular flexibility index (Phi) is 4.85. The molecule has 6 nitrogen and oxygen atoms in total. The summed E-state index contributed by atoms with van der Waals surface area (Å²) in [5, 5.41) is 4.33. The van der Waals surface area contributed by atoms with E-state index in [-0.39, 0.29) is 5.91 Å². The smallest absolute Gasteiger partial charge is 0.259 e. The second-order valence-corrected chi connectivity index (χ2v) is 7.78. The molecule has 0 bridgehead atoms. The SMILES string of the molecule is CN(C[C@H]1CCCN2CCCC[C@H]12)C(=O)c1cnn(C)c1-n1cccc1. The van der Waals surface area contributed by atoms with Gasteiger partial charge in [-0.25, -0.2) is 0 Å².